The van der Waals surface area contributed by atoms with E-state index in [-0.39, 0.29) is 0 Å². The topological polar surface area (TPSA) is 35.2 Å². The van der Waals surface area contributed by atoms with Crippen molar-refractivity contribution in [1.29, 1.82) is 0 Å². The van der Waals surface area contributed by atoms with Crippen LogP contribution in [0.2, 0.25) is 5.02 Å². The van der Waals surface area contributed by atoms with Crippen molar-refractivity contribution in [2.75, 3.05) is 13.7 Å². The first-order valence-electron chi connectivity index (χ1n) is 5.20. The van der Waals surface area contributed by atoms with Crippen LogP contribution < -0.4 is 10.5 Å². The molecule has 0 radical (unpaired) electrons. The Hall–Kier alpha value is -0.730. The molecule has 0 saturated carbocycles. The largest absolute Gasteiger partial charge is 0.497 e. The average molecular weight is 228 g/mol. The van der Waals surface area contributed by atoms with E-state index in [1.165, 1.54) is 0 Å². The molecule has 0 amide bonds. The molecule has 0 aliphatic heterocycles. The Morgan fingerprint density at radius 1 is 1.47 bits per heavy atom. The number of hydrogen-bond donors (Lipinski definition) is 1. The first-order chi connectivity index (χ1) is 7.17. The Labute approximate surface area is 96.4 Å². The number of aryl methyl sites for hydroxylation is 1. The molecule has 1 unspecified atom stereocenters. The standard InChI is InChI=1S/C12H18ClNO/c1-9(8-14)3-4-10-5-6-11(15-2)7-12(10)13/h5-7,9H,3-4,8,14H2,1-2H3. The maximum atomic E-state index is 6.12. The Morgan fingerprint density at radius 2 is 2.20 bits per heavy atom. The Morgan fingerprint density at radius 3 is 2.73 bits per heavy atom. The molecule has 84 valence electrons. The second-order valence-electron chi connectivity index (χ2n) is 3.84. The van der Waals surface area contributed by atoms with Gasteiger partial charge in [-0.3, -0.25) is 0 Å². The number of hydrogen-bond acceptors (Lipinski definition) is 2. The van der Waals surface area contributed by atoms with Crippen molar-refractivity contribution < 1.29 is 4.74 Å². The molecule has 0 aromatic heterocycles. The predicted octanol–water partition coefficient (Wildman–Crippen LogP) is 2.88. The second kappa shape index (κ2) is 5.99. The van der Waals surface area contributed by atoms with Gasteiger partial charge in [-0.05, 0) is 43.0 Å². The van der Waals surface area contributed by atoms with E-state index >= 15 is 0 Å². The highest BCUT2D eigenvalue weighted by atomic mass is 35.5. The Kier molecular flexibility index (Phi) is 4.92. The van der Waals surface area contributed by atoms with Gasteiger partial charge in [0.2, 0.25) is 0 Å². The van der Waals surface area contributed by atoms with Gasteiger partial charge in [-0.15, -0.1) is 0 Å². The maximum Gasteiger partial charge on any atom is 0.120 e. The highest BCUT2D eigenvalue weighted by Crippen LogP contribution is 2.24. The number of benzene rings is 1. The van der Waals surface area contributed by atoms with Crippen LogP contribution in [0, 0.1) is 5.92 Å². The van der Waals surface area contributed by atoms with E-state index in [4.69, 9.17) is 22.1 Å². The summed E-state index contributed by atoms with van der Waals surface area (Å²) in [7, 11) is 1.64. The van der Waals surface area contributed by atoms with Crippen molar-refractivity contribution in [2.45, 2.75) is 19.8 Å². The molecule has 0 heterocycles. The summed E-state index contributed by atoms with van der Waals surface area (Å²) in [4.78, 5) is 0. The third-order valence-corrected chi connectivity index (χ3v) is 2.92. The fourth-order valence-corrected chi connectivity index (χ4v) is 1.64. The molecule has 1 aromatic carbocycles. The number of methoxy groups -OCH3 is 1. The van der Waals surface area contributed by atoms with E-state index in [0.717, 1.165) is 35.7 Å². The Bertz CT molecular complexity index is 314. The van der Waals surface area contributed by atoms with Gasteiger partial charge in [0.1, 0.15) is 5.75 Å². The van der Waals surface area contributed by atoms with Crippen LogP contribution in [0.4, 0.5) is 0 Å². The molecule has 0 saturated heterocycles. The van der Waals surface area contributed by atoms with Gasteiger partial charge in [-0.1, -0.05) is 24.6 Å². The average Bonchev–Trinajstić information content (AvgIpc) is 2.26. The number of nitrogens with two attached hydrogens (primary N) is 1. The van der Waals surface area contributed by atoms with Gasteiger partial charge in [-0.25, -0.2) is 0 Å². The molecule has 0 fully saturated rings. The van der Waals surface area contributed by atoms with Gasteiger partial charge in [0.05, 0.1) is 7.11 Å². The van der Waals surface area contributed by atoms with Gasteiger partial charge in [0, 0.05) is 5.02 Å². The number of rotatable bonds is 5. The third kappa shape index (κ3) is 3.73. The molecule has 15 heavy (non-hydrogen) atoms. The fraction of sp³-hybridized carbons (Fsp3) is 0.500. The number of halogens is 1. The van der Waals surface area contributed by atoms with Crippen LogP contribution in [0.3, 0.4) is 0 Å². The van der Waals surface area contributed by atoms with Crippen molar-refractivity contribution in [3.8, 4) is 5.75 Å². The quantitative estimate of drug-likeness (QED) is 0.840. The normalized spacial score (nSPS) is 12.5. The summed E-state index contributed by atoms with van der Waals surface area (Å²) in [5, 5.41) is 0.776. The lowest BCUT2D eigenvalue weighted by molar-refractivity contribution is 0.414. The molecule has 2 N–H and O–H groups in total. The molecule has 0 bridgehead atoms. The first kappa shape index (κ1) is 12.3. The van der Waals surface area contributed by atoms with Crippen LogP contribution in [0.1, 0.15) is 18.9 Å². The van der Waals surface area contributed by atoms with Gasteiger partial charge in [0.25, 0.3) is 0 Å². The van der Waals surface area contributed by atoms with E-state index in [1.54, 1.807) is 7.11 Å². The van der Waals surface area contributed by atoms with Gasteiger partial charge >= 0.3 is 0 Å². The van der Waals surface area contributed by atoms with Crippen molar-refractivity contribution in [1.82, 2.24) is 0 Å². The molecule has 1 rings (SSSR count). The van der Waals surface area contributed by atoms with Crippen LogP contribution in [0.5, 0.6) is 5.75 Å². The zero-order valence-corrected chi connectivity index (χ0v) is 10.1. The molecule has 0 aliphatic carbocycles. The minimum atomic E-state index is 0.545. The highest BCUT2D eigenvalue weighted by molar-refractivity contribution is 6.31. The first-order valence-corrected chi connectivity index (χ1v) is 5.57. The van der Waals surface area contributed by atoms with Crippen LogP contribution in [0.15, 0.2) is 18.2 Å². The molecule has 0 spiro atoms. The smallest absolute Gasteiger partial charge is 0.120 e. The van der Waals surface area contributed by atoms with Crippen molar-refractivity contribution in [3.63, 3.8) is 0 Å². The van der Waals surface area contributed by atoms with E-state index in [0.29, 0.717) is 5.92 Å². The fourth-order valence-electron chi connectivity index (χ4n) is 1.38. The molecule has 0 aliphatic rings. The molecular formula is C12H18ClNO. The molecule has 2 nitrogen and oxygen atoms in total. The molecular weight excluding hydrogens is 210 g/mol. The monoisotopic (exact) mass is 227 g/mol. The summed E-state index contributed by atoms with van der Waals surface area (Å²) in [6.07, 6.45) is 2.05. The van der Waals surface area contributed by atoms with Crippen molar-refractivity contribution in [3.05, 3.63) is 28.8 Å². The zero-order valence-electron chi connectivity index (χ0n) is 9.29. The summed E-state index contributed by atoms with van der Waals surface area (Å²) < 4.78 is 5.09. The lowest BCUT2D eigenvalue weighted by Crippen LogP contribution is -2.11. The Balaban J connectivity index is 2.62. The van der Waals surface area contributed by atoms with E-state index < -0.39 is 0 Å². The molecule has 3 heteroatoms. The summed E-state index contributed by atoms with van der Waals surface area (Å²) in [5.74, 6) is 1.35. The predicted molar refractivity (Wildman–Crippen MR) is 64.5 cm³/mol. The maximum absolute atomic E-state index is 6.12. The zero-order chi connectivity index (χ0) is 11.3. The lowest BCUT2D eigenvalue weighted by atomic mass is 10.0. The van der Waals surface area contributed by atoms with Crippen LogP contribution in [-0.4, -0.2) is 13.7 Å². The summed E-state index contributed by atoms with van der Waals surface area (Å²) in [6.45, 7) is 2.88. The second-order valence-corrected chi connectivity index (χ2v) is 4.24. The minimum Gasteiger partial charge on any atom is -0.497 e. The van der Waals surface area contributed by atoms with Crippen molar-refractivity contribution >= 4 is 11.6 Å². The number of ether oxygens (including phenoxy) is 1. The molecule has 1 aromatic rings. The summed E-state index contributed by atoms with van der Waals surface area (Å²) in [5.41, 5.74) is 6.73. The summed E-state index contributed by atoms with van der Waals surface area (Å²) in [6, 6.07) is 5.81. The van der Waals surface area contributed by atoms with Crippen LogP contribution in [0.25, 0.3) is 0 Å². The van der Waals surface area contributed by atoms with Gasteiger partial charge in [0.15, 0.2) is 0 Å². The van der Waals surface area contributed by atoms with Gasteiger partial charge < -0.3 is 10.5 Å². The third-order valence-electron chi connectivity index (χ3n) is 2.57. The van der Waals surface area contributed by atoms with E-state index in [9.17, 15) is 0 Å². The van der Waals surface area contributed by atoms with Crippen LogP contribution >= 0.6 is 11.6 Å². The minimum absolute atomic E-state index is 0.545. The van der Waals surface area contributed by atoms with E-state index in [2.05, 4.69) is 6.92 Å². The van der Waals surface area contributed by atoms with Crippen molar-refractivity contribution in [2.24, 2.45) is 11.7 Å². The summed E-state index contributed by atoms with van der Waals surface area (Å²) >= 11 is 6.12. The lowest BCUT2D eigenvalue weighted by Gasteiger charge is -2.10. The highest BCUT2D eigenvalue weighted by Gasteiger charge is 2.05. The van der Waals surface area contributed by atoms with E-state index in [1.807, 2.05) is 18.2 Å². The molecule has 1 atom stereocenters. The SMILES string of the molecule is COc1ccc(CCC(C)CN)c(Cl)c1. The van der Waals surface area contributed by atoms with Gasteiger partial charge in [-0.2, -0.15) is 0 Å². The van der Waals surface area contributed by atoms with Crippen LogP contribution in [-0.2, 0) is 6.42 Å².